The van der Waals surface area contributed by atoms with Crippen molar-refractivity contribution in [3.8, 4) is 5.75 Å². The van der Waals surface area contributed by atoms with Crippen LogP contribution in [0.25, 0.3) is 0 Å². The molecule has 0 atom stereocenters. The van der Waals surface area contributed by atoms with Crippen molar-refractivity contribution in [2.45, 2.75) is 78.6 Å². The Morgan fingerprint density at radius 2 is 1.62 bits per heavy atom. The average Bonchev–Trinajstić information content (AvgIpc) is 3.15. The molecule has 0 fully saturated rings. The third-order valence-electron chi connectivity index (χ3n) is 5.06. The average molecular weight is 402 g/mol. The van der Waals surface area contributed by atoms with Gasteiger partial charge in [0.1, 0.15) is 11.5 Å². The lowest BCUT2D eigenvalue weighted by Gasteiger charge is -2.07. The molecule has 2 aromatic rings. The van der Waals surface area contributed by atoms with E-state index in [1.807, 2.05) is 12.1 Å². The minimum atomic E-state index is -0.292. The number of ether oxygens (including phenoxy) is 2. The smallest absolute Gasteiger partial charge is 0.338 e. The van der Waals surface area contributed by atoms with Gasteiger partial charge in [0.15, 0.2) is 0 Å². The number of esters is 1. The second kappa shape index (κ2) is 13.0. The number of aryl methyl sites for hydroxylation is 2. The van der Waals surface area contributed by atoms with E-state index in [4.69, 9.17) is 14.0 Å². The van der Waals surface area contributed by atoms with Gasteiger partial charge in [0.25, 0.3) is 0 Å². The molecule has 0 spiro atoms. The molecule has 29 heavy (non-hydrogen) atoms. The zero-order valence-electron chi connectivity index (χ0n) is 18.2. The van der Waals surface area contributed by atoms with Crippen LogP contribution in [-0.2, 0) is 24.0 Å². The van der Waals surface area contributed by atoms with Crippen LogP contribution in [0.2, 0.25) is 0 Å². The third kappa shape index (κ3) is 7.56. The van der Waals surface area contributed by atoms with Gasteiger partial charge in [-0.3, -0.25) is 0 Å². The van der Waals surface area contributed by atoms with E-state index in [-0.39, 0.29) is 5.97 Å². The van der Waals surface area contributed by atoms with Crippen LogP contribution in [0.5, 0.6) is 5.75 Å². The maximum Gasteiger partial charge on any atom is 0.338 e. The summed E-state index contributed by atoms with van der Waals surface area (Å²) in [5.41, 5.74) is 3.04. The molecule has 0 saturated heterocycles. The first kappa shape index (κ1) is 23.0. The molecule has 0 aliphatic carbocycles. The highest BCUT2D eigenvalue weighted by molar-refractivity contribution is 5.89. The van der Waals surface area contributed by atoms with Crippen molar-refractivity contribution >= 4 is 5.97 Å². The van der Waals surface area contributed by atoms with E-state index >= 15 is 0 Å². The Hall–Kier alpha value is -2.30. The Morgan fingerprint density at radius 1 is 0.931 bits per heavy atom. The normalized spacial score (nSPS) is 10.9. The number of unbranched alkanes of at least 4 members (excludes halogenated alkanes) is 5. The predicted molar refractivity (Wildman–Crippen MR) is 115 cm³/mol. The molecule has 160 valence electrons. The van der Waals surface area contributed by atoms with Crippen molar-refractivity contribution in [2.24, 2.45) is 0 Å². The fraction of sp³-hybridized carbons (Fsp3) is 0.583. The second-order valence-electron chi connectivity index (χ2n) is 7.20. The molecule has 1 aromatic carbocycles. The lowest BCUT2D eigenvalue weighted by Crippen LogP contribution is -2.04. The molecule has 0 N–H and O–H groups in total. The summed E-state index contributed by atoms with van der Waals surface area (Å²) in [7, 11) is 0. The van der Waals surface area contributed by atoms with Gasteiger partial charge in [-0.1, -0.05) is 44.7 Å². The number of carbonyl (C=O) groups excluding carboxylic acids is 1. The molecule has 0 unspecified atom stereocenters. The largest absolute Gasteiger partial charge is 0.494 e. The first-order valence-electron chi connectivity index (χ1n) is 11.1. The molecule has 5 heteroatoms. The quantitative estimate of drug-likeness (QED) is 0.290. The first-order chi connectivity index (χ1) is 14.2. The Kier molecular flexibility index (Phi) is 10.3. The van der Waals surface area contributed by atoms with Gasteiger partial charge in [-0.15, -0.1) is 0 Å². The minimum Gasteiger partial charge on any atom is -0.494 e. The van der Waals surface area contributed by atoms with Crippen LogP contribution in [0.3, 0.4) is 0 Å². The molecule has 0 bridgehead atoms. The van der Waals surface area contributed by atoms with Crippen LogP contribution >= 0.6 is 0 Å². The van der Waals surface area contributed by atoms with Gasteiger partial charge in [-0.05, 0) is 56.9 Å². The molecule has 2 rings (SSSR count). The summed E-state index contributed by atoms with van der Waals surface area (Å²) in [5, 5.41) is 4.19. The standard InChI is InChI=1S/C24H35NO4/c1-4-22-21(23(5-2)29-25-22)13-11-9-7-8-10-12-18-28-20-16-14-19(15-17-20)24(26)27-6-3/h14-17H,4-13,18H2,1-3H3. The summed E-state index contributed by atoms with van der Waals surface area (Å²) in [4.78, 5) is 11.6. The molecule has 0 radical (unpaired) electrons. The second-order valence-corrected chi connectivity index (χ2v) is 7.20. The van der Waals surface area contributed by atoms with E-state index < -0.39 is 0 Å². The lowest BCUT2D eigenvalue weighted by molar-refractivity contribution is 0.0526. The topological polar surface area (TPSA) is 61.6 Å². The summed E-state index contributed by atoms with van der Waals surface area (Å²) in [6, 6.07) is 7.14. The van der Waals surface area contributed by atoms with Gasteiger partial charge in [-0.2, -0.15) is 0 Å². The van der Waals surface area contributed by atoms with Gasteiger partial charge in [0.2, 0.25) is 0 Å². The van der Waals surface area contributed by atoms with Crippen LogP contribution in [0.15, 0.2) is 28.8 Å². The van der Waals surface area contributed by atoms with E-state index in [1.165, 1.54) is 37.7 Å². The SMILES string of the molecule is CCOC(=O)c1ccc(OCCCCCCCCc2c(CC)noc2CC)cc1. The van der Waals surface area contributed by atoms with E-state index in [0.717, 1.165) is 42.9 Å². The molecule has 0 saturated carbocycles. The van der Waals surface area contributed by atoms with Crippen molar-refractivity contribution in [1.29, 1.82) is 0 Å². The number of rotatable bonds is 14. The highest BCUT2D eigenvalue weighted by atomic mass is 16.5. The number of aromatic nitrogens is 1. The zero-order valence-corrected chi connectivity index (χ0v) is 18.2. The Bertz CT molecular complexity index is 699. The number of hydrogen-bond donors (Lipinski definition) is 0. The fourth-order valence-corrected chi connectivity index (χ4v) is 3.42. The van der Waals surface area contributed by atoms with Crippen molar-refractivity contribution in [2.75, 3.05) is 13.2 Å². The molecule has 0 aliphatic heterocycles. The van der Waals surface area contributed by atoms with Gasteiger partial charge in [0.05, 0.1) is 24.5 Å². The van der Waals surface area contributed by atoms with Crippen LogP contribution in [-0.4, -0.2) is 24.3 Å². The summed E-state index contributed by atoms with van der Waals surface area (Å²) in [6.07, 6.45) is 10.1. The van der Waals surface area contributed by atoms with Crippen LogP contribution < -0.4 is 4.74 Å². The first-order valence-corrected chi connectivity index (χ1v) is 11.1. The van der Waals surface area contributed by atoms with E-state index in [1.54, 1.807) is 19.1 Å². The molecule has 0 aliphatic rings. The highest BCUT2D eigenvalue weighted by Gasteiger charge is 2.12. The predicted octanol–water partition coefficient (Wildman–Crippen LogP) is 5.94. The van der Waals surface area contributed by atoms with E-state index in [9.17, 15) is 4.79 Å². The summed E-state index contributed by atoms with van der Waals surface area (Å²) in [6.45, 7) is 7.16. The zero-order chi connectivity index (χ0) is 20.9. The summed E-state index contributed by atoms with van der Waals surface area (Å²) < 4.78 is 16.2. The number of hydrogen-bond acceptors (Lipinski definition) is 5. The van der Waals surface area contributed by atoms with Crippen LogP contribution in [0.4, 0.5) is 0 Å². The van der Waals surface area contributed by atoms with Crippen molar-refractivity contribution < 1.29 is 18.8 Å². The lowest BCUT2D eigenvalue weighted by atomic mass is 10.0. The maximum absolute atomic E-state index is 11.6. The van der Waals surface area contributed by atoms with Crippen LogP contribution in [0.1, 0.15) is 86.7 Å². The molecule has 1 heterocycles. The third-order valence-corrected chi connectivity index (χ3v) is 5.06. The van der Waals surface area contributed by atoms with E-state index in [0.29, 0.717) is 18.8 Å². The monoisotopic (exact) mass is 401 g/mol. The van der Waals surface area contributed by atoms with Gasteiger partial charge < -0.3 is 14.0 Å². The van der Waals surface area contributed by atoms with Crippen molar-refractivity contribution in [1.82, 2.24) is 5.16 Å². The molecule has 1 aromatic heterocycles. The molecular formula is C24H35NO4. The summed E-state index contributed by atoms with van der Waals surface area (Å²) >= 11 is 0. The Balaban J connectivity index is 1.53. The summed E-state index contributed by atoms with van der Waals surface area (Å²) in [5.74, 6) is 1.57. The number of nitrogens with zero attached hydrogens (tertiary/aromatic N) is 1. The Labute approximate surface area is 174 Å². The van der Waals surface area contributed by atoms with Gasteiger partial charge >= 0.3 is 5.97 Å². The van der Waals surface area contributed by atoms with Gasteiger partial charge in [-0.25, -0.2) is 4.79 Å². The Morgan fingerprint density at radius 3 is 2.28 bits per heavy atom. The molecule has 5 nitrogen and oxygen atoms in total. The maximum atomic E-state index is 11.6. The highest BCUT2D eigenvalue weighted by Crippen LogP contribution is 2.19. The number of carbonyl (C=O) groups is 1. The molecular weight excluding hydrogens is 366 g/mol. The molecule has 0 amide bonds. The van der Waals surface area contributed by atoms with Gasteiger partial charge in [0, 0.05) is 12.0 Å². The van der Waals surface area contributed by atoms with E-state index in [2.05, 4.69) is 19.0 Å². The fourth-order valence-electron chi connectivity index (χ4n) is 3.42. The van der Waals surface area contributed by atoms with Crippen molar-refractivity contribution in [3.63, 3.8) is 0 Å². The number of benzene rings is 1. The van der Waals surface area contributed by atoms with Crippen LogP contribution in [0, 0.1) is 0 Å². The minimum absolute atomic E-state index is 0.292. The van der Waals surface area contributed by atoms with Crippen molar-refractivity contribution in [3.05, 3.63) is 46.8 Å².